The van der Waals surface area contributed by atoms with E-state index in [2.05, 4.69) is 31.4 Å². The van der Waals surface area contributed by atoms with E-state index in [4.69, 9.17) is 16.3 Å². The van der Waals surface area contributed by atoms with Gasteiger partial charge >= 0.3 is 0 Å². The van der Waals surface area contributed by atoms with Crippen LogP contribution in [0.1, 0.15) is 0 Å². The molecule has 0 saturated heterocycles. The van der Waals surface area contributed by atoms with Crippen molar-refractivity contribution in [2.75, 3.05) is 18.2 Å². The van der Waals surface area contributed by atoms with E-state index in [1.165, 1.54) is 11.8 Å². The van der Waals surface area contributed by atoms with Gasteiger partial charge in [-0.1, -0.05) is 39.3 Å². The highest BCUT2D eigenvalue weighted by atomic mass is 79.9. The number of ether oxygens (including phenoxy) is 1. The lowest BCUT2D eigenvalue weighted by molar-refractivity contribution is -0.113. The molecular formula is C23H18BrClN4O2S. The van der Waals surface area contributed by atoms with Crippen molar-refractivity contribution < 1.29 is 9.53 Å². The van der Waals surface area contributed by atoms with Crippen molar-refractivity contribution in [3.8, 4) is 22.8 Å². The van der Waals surface area contributed by atoms with Gasteiger partial charge in [-0.2, -0.15) is 0 Å². The lowest BCUT2D eigenvalue weighted by atomic mass is 10.2. The zero-order valence-electron chi connectivity index (χ0n) is 17.0. The molecule has 0 fully saturated rings. The molecule has 0 aliphatic rings. The number of hydrogen-bond donors (Lipinski definition) is 1. The Labute approximate surface area is 203 Å². The number of aromatic nitrogens is 3. The van der Waals surface area contributed by atoms with Gasteiger partial charge in [-0.15, -0.1) is 10.2 Å². The smallest absolute Gasteiger partial charge is 0.234 e. The first-order chi connectivity index (χ1) is 15.5. The number of nitrogens with one attached hydrogen (secondary N) is 1. The molecule has 0 aliphatic heterocycles. The van der Waals surface area contributed by atoms with Crippen molar-refractivity contribution in [1.29, 1.82) is 0 Å². The van der Waals surface area contributed by atoms with Crippen LogP contribution in [0.3, 0.4) is 0 Å². The lowest BCUT2D eigenvalue weighted by Crippen LogP contribution is -2.14. The largest absolute Gasteiger partial charge is 0.497 e. The minimum absolute atomic E-state index is 0.130. The van der Waals surface area contributed by atoms with Crippen molar-refractivity contribution >= 4 is 50.9 Å². The van der Waals surface area contributed by atoms with Crippen molar-refractivity contribution in [2.45, 2.75) is 5.16 Å². The number of hydrogen-bond acceptors (Lipinski definition) is 5. The molecule has 0 radical (unpaired) electrons. The SMILES string of the molecule is COc1ccc(-n2c(SCC(=O)Nc3ccc(Br)cc3)nnc2-c2ccc(Cl)cc2)cc1. The molecule has 32 heavy (non-hydrogen) atoms. The van der Waals surface area contributed by atoms with Crippen LogP contribution in [0.25, 0.3) is 17.1 Å². The fourth-order valence-corrected chi connectivity index (χ4v) is 4.12. The monoisotopic (exact) mass is 528 g/mol. The zero-order chi connectivity index (χ0) is 22.5. The summed E-state index contributed by atoms with van der Waals surface area (Å²) in [6.07, 6.45) is 0. The highest BCUT2D eigenvalue weighted by Gasteiger charge is 2.17. The summed E-state index contributed by atoms with van der Waals surface area (Å²) >= 11 is 10.7. The summed E-state index contributed by atoms with van der Waals surface area (Å²) in [6, 6.07) is 22.4. The lowest BCUT2D eigenvalue weighted by Gasteiger charge is -2.11. The molecule has 0 saturated carbocycles. The number of nitrogens with zero attached hydrogens (tertiary/aromatic N) is 3. The zero-order valence-corrected chi connectivity index (χ0v) is 20.1. The third-order valence-corrected chi connectivity index (χ3v) is 6.24. The number of benzene rings is 3. The normalized spacial score (nSPS) is 10.7. The van der Waals surface area contributed by atoms with E-state index < -0.39 is 0 Å². The summed E-state index contributed by atoms with van der Waals surface area (Å²) in [4.78, 5) is 12.5. The Bertz CT molecular complexity index is 1210. The van der Waals surface area contributed by atoms with Crippen molar-refractivity contribution in [3.63, 3.8) is 0 Å². The molecular weight excluding hydrogens is 512 g/mol. The van der Waals surface area contributed by atoms with E-state index in [9.17, 15) is 4.79 Å². The van der Waals surface area contributed by atoms with Gasteiger partial charge in [-0.25, -0.2) is 0 Å². The maximum atomic E-state index is 12.5. The number of amides is 1. The summed E-state index contributed by atoms with van der Waals surface area (Å²) < 4.78 is 8.14. The van der Waals surface area contributed by atoms with Crippen molar-refractivity contribution in [2.24, 2.45) is 0 Å². The predicted molar refractivity (Wildman–Crippen MR) is 132 cm³/mol. The summed E-state index contributed by atoms with van der Waals surface area (Å²) in [6.45, 7) is 0. The number of thioether (sulfide) groups is 1. The third kappa shape index (κ3) is 5.32. The molecule has 1 N–H and O–H groups in total. The Morgan fingerprint density at radius 2 is 1.72 bits per heavy atom. The van der Waals surface area contributed by atoms with Crippen LogP contribution < -0.4 is 10.1 Å². The van der Waals surface area contributed by atoms with Gasteiger partial charge in [0.05, 0.1) is 12.9 Å². The second-order valence-corrected chi connectivity index (χ2v) is 8.98. The topological polar surface area (TPSA) is 69.0 Å². The first-order valence-corrected chi connectivity index (χ1v) is 11.7. The average Bonchev–Trinajstić information content (AvgIpc) is 3.24. The fraction of sp³-hybridized carbons (Fsp3) is 0.0870. The van der Waals surface area contributed by atoms with Crippen LogP contribution in [0.5, 0.6) is 5.75 Å². The van der Waals surface area contributed by atoms with E-state index in [0.717, 1.165) is 27.2 Å². The molecule has 3 aromatic carbocycles. The molecule has 1 heterocycles. The molecule has 162 valence electrons. The predicted octanol–water partition coefficient (Wildman–Crippen LogP) is 6.09. The van der Waals surface area contributed by atoms with Gasteiger partial charge in [0.1, 0.15) is 5.75 Å². The van der Waals surface area contributed by atoms with Gasteiger partial charge in [-0.3, -0.25) is 9.36 Å². The third-order valence-electron chi connectivity index (χ3n) is 4.53. The number of anilines is 1. The van der Waals surface area contributed by atoms with E-state index >= 15 is 0 Å². The fourth-order valence-electron chi connectivity index (χ4n) is 2.97. The van der Waals surface area contributed by atoms with Gasteiger partial charge < -0.3 is 10.1 Å². The van der Waals surface area contributed by atoms with Crippen LogP contribution in [-0.4, -0.2) is 33.5 Å². The maximum absolute atomic E-state index is 12.5. The highest BCUT2D eigenvalue weighted by Crippen LogP contribution is 2.29. The van der Waals surface area contributed by atoms with Gasteiger partial charge in [-0.05, 0) is 72.8 Å². The molecule has 4 rings (SSSR count). The van der Waals surface area contributed by atoms with Crippen LogP contribution >= 0.6 is 39.3 Å². The Kier molecular flexibility index (Phi) is 7.14. The molecule has 1 aromatic heterocycles. The van der Waals surface area contributed by atoms with E-state index in [1.54, 1.807) is 7.11 Å². The Morgan fingerprint density at radius 3 is 2.38 bits per heavy atom. The quantitative estimate of drug-likeness (QED) is 0.293. The maximum Gasteiger partial charge on any atom is 0.234 e. The number of rotatable bonds is 7. The Hall–Kier alpha value is -2.81. The summed E-state index contributed by atoms with van der Waals surface area (Å²) in [7, 11) is 1.62. The average molecular weight is 530 g/mol. The molecule has 1 amide bonds. The first-order valence-electron chi connectivity index (χ1n) is 9.57. The summed E-state index contributed by atoms with van der Waals surface area (Å²) in [5.41, 5.74) is 2.46. The van der Waals surface area contributed by atoms with Crippen molar-refractivity contribution in [3.05, 3.63) is 82.3 Å². The minimum atomic E-state index is -0.130. The summed E-state index contributed by atoms with van der Waals surface area (Å²) in [5, 5.41) is 12.9. The molecule has 6 nitrogen and oxygen atoms in total. The Balaban J connectivity index is 1.60. The molecule has 0 unspecified atom stereocenters. The van der Waals surface area contributed by atoms with Gasteiger partial charge in [0.25, 0.3) is 0 Å². The second kappa shape index (κ2) is 10.2. The van der Waals surface area contributed by atoms with Gasteiger partial charge in [0.15, 0.2) is 11.0 Å². The van der Waals surface area contributed by atoms with Gasteiger partial charge in [0, 0.05) is 26.4 Å². The van der Waals surface area contributed by atoms with E-state index in [1.807, 2.05) is 77.4 Å². The van der Waals surface area contributed by atoms with Crippen LogP contribution in [0.2, 0.25) is 5.02 Å². The van der Waals surface area contributed by atoms with Crippen LogP contribution in [0.4, 0.5) is 5.69 Å². The molecule has 0 bridgehead atoms. The molecule has 9 heteroatoms. The van der Waals surface area contributed by atoms with E-state index in [0.29, 0.717) is 16.0 Å². The number of carbonyl (C=O) groups excluding carboxylic acids is 1. The number of halogens is 2. The molecule has 0 spiro atoms. The minimum Gasteiger partial charge on any atom is -0.497 e. The Morgan fingerprint density at radius 1 is 1.03 bits per heavy atom. The van der Waals surface area contributed by atoms with Crippen LogP contribution in [0, 0.1) is 0 Å². The van der Waals surface area contributed by atoms with Crippen LogP contribution in [-0.2, 0) is 4.79 Å². The first kappa shape index (κ1) is 22.4. The highest BCUT2D eigenvalue weighted by molar-refractivity contribution is 9.10. The van der Waals surface area contributed by atoms with Crippen molar-refractivity contribution in [1.82, 2.24) is 14.8 Å². The molecule has 0 atom stereocenters. The van der Waals surface area contributed by atoms with Gasteiger partial charge in [0.2, 0.25) is 5.91 Å². The standard InChI is InChI=1S/C23H18BrClN4O2S/c1-31-20-12-10-19(11-13-20)29-22(15-2-6-17(25)7-3-15)27-28-23(29)32-14-21(30)26-18-8-4-16(24)5-9-18/h2-13H,14H2,1H3,(H,26,30). The van der Waals surface area contributed by atoms with E-state index in [-0.39, 0.29) is 11.7 Å². The number of carbonyl (C=O) groups is 1. The molecule has 4 aromatic rings. The number of methoxy groups -OCH3 is 1. The summed E-state index contributed by atoms with van der Waals surface area (Å²) in [5.74, 6) is 1.46. The molecule has 0 aliphatic carbocycles. The second-order valence-electron chi connectivity index (χ2n) is 6.69. The van der Waals surface area contributed by atoms with Crippen LogP contribution in [0.15, 0.2) is 82.4 Å².